The maximum absolute atomic E-state index is 13.8. The smallest absolute Gasteiger partial charge is 0.264 e. The molecular weight excluding hydrogens is 474 g/mol. The molecule has 0 bridgehead atoms. The molecule has 0 aliphatic carbocycles. The summed E-state index contributed by atoms with van der Waals surface area (Å²) in [6.45, 7) is 0.238. The molecule has 1 amide bonds. The average Bonchev–Trinajstić information content (AvgIpc) is 3.27. The van der Waals surface area contributed by atoms with Crippen LogP contribution in [-0.2, 0) is 30.2 Å². The molecule has 0 aliphatic rings. The van der Waals surface area contributed by atoms with E-state index in [9.17, 15) is 13.2 Å². The van der Waals surface area contributed by atoms with Gasteiger partial charge >= 0.3 is 0 Å². The van der Waals surface area contributed by atoms with Gasteiger partial charge in [-0.1, -0.05) is 60.1 Å². The Balaban J connectivity index is 1.66. The quantitative estimate of drug-likeness (QED) is 0.401. The summed E-state index contributed by atoms with van der Waals surface area (Å²) in [6.07, 6.45) is 1.53. The van der Waals surface area contributed by atoms with Crippen LogP contribution in [0.3, 0.4) is 0 Å². The summed E-state index contributed by atoms with van der Waals surface area (Å²) in [5.74, 6) is 0.150. The SMILES string of the molecule is Cn1cnnc1CNC(=O)c1cccc(S(=O)(=O)N(Cc2ccccc2)c2ccccc2Cl)c1. The third kappa shape index (κ3) is 5.11. The summed E-state index contributed by atoms with van der Waals surface area (Å²) < 4.78 is 30.5. The number of benzene rings is 3. The van der Waals surface area contributed by atoms with Crippen molar-refractivity contribution < 1.29 is 13.2 Å². The summed E-state index contributed by atoms with van der Waals surface area (Å²) in [7, 11) is -2.28. The monoisotopic (exact) mass is 495 g/mol. The fraction of sp³-hybridized carbons (Fsp3) is 0.125. The van der Waals surface area contributed by atoms with Crippen molar-refractivity contribution >= 4 is 33.2 Å². The van der Waals surface area contributed by atoms with Gasteiger partial charge in [0.1, 0.15) is 6.33 Å². The molecule has 0 saturated carbocycles. The van der Waals surface area contributed by atoms with Crippen molar-refractivity contribution in [3.63, 3.8) is 0 Å². The minimum atomic E-state index is -4.05. The highest BCUT2D eigenvalue weighted by Crippen LogP contribution is 2.32. The largest absolute Gasteiger partial charge is 0.345 e. The van der Waals surface area contributed by atoms with Crippen LogP contribution in [0.25, 0.3) is 0 Å². The molecular formula is C24H22ClN5O3S. The molecule has 0 fully saturated rings. The Labute approximate surface area is 202 Å². The Morgan fingerprint density at radius 1 is 1.03 bits per heavy atom. The molecule has 0 spiro atoms. The maximum atomic E-state index is 13.8. The number of aromatic nitrogens is 3. The topological polar surface area (TPSA) is 97.2 Å². The summed E-state index contributed by atoms with van der Waals surface area (Å²) >= 11 is 6.38. The van der Waals surface area contributed by atoms with Crippen molar-refractivity contribution in [1.29, 1.82) is 0 Å². The lowest BCUT2D eigenvalue weighted by molar-refractivity contribution is 0.0949. The molecule has 174 valence electrons. The lowest BCUT2D eigenvalue weighted by atomic mass is 10.2. The van der Waals surface area contributed by atoms with Crippen LogP contribution in [0.1, 0.15) is 21.7 Å². The van der Waals surface area contributed by atoms with Gasteiger partial charge in [0.05, 0.1) is 28.7 Å². The third-order valence-electron chi connectivity index (χ3n) is 5.19. The van der Waals surface area contributed by atoms with E-state index in [-0.39, 0.29) is 23.5 Å². The van der Waals surface area contributed by atoms with Crippen molar-refractivity contribution in [2.24, 2.45) is 7.05 Å². The van der Waals surface area contributed by atoms with E-state index in [1.165, 1.54) is 28.8 Å². The number of amides is 1. The van der Waals surface area contributed by atoms with Gasteiger partial charge < -0.3 is 9.88 Å². The van der Waals surface area contributed by atoms with E-state index in [2.05, 4.69) is 15.5 Å². The molecule has 1 aromatic heterocycles. The zero-order valence-corrected chi connectivity index (χ0v) is 19.9. The summed E-state index contributed by atoms with van der Waals surface area (Å²) in [5, 5.41) is 10.7. The normalized spacial score (nSPS) is 11.2. The second-order valence-corrected chi connectivity index (χ2v) is 9.79. The molecule has 34 heavy (non-hydrogen) atoms. The number of carbonyl (C=O) groups excluding carboxylic acids is 1. The predicted molar refractivity (Wildman–Crippen MR) is 130 cm³/mol. The molecule has 10 heteroatoms. The van der Waals surface area contributed by atoms with Crippen molar-refractivity contribution in [1.82, 2.24) is 20.1 Å². The Hall–Kier alpha value is -3.69. The minimum absolute atomic E-state index is 0.0188. The lowest BCUT2D eigenvalue weighted by Gasteiger charge is -2.26. The predicted octanol–water partition coefficient (Wildman–Crippen LogP) is 3.79. The first-order valence-electron chi connectivity index (χ1n) is 10.4. The highest BCUT2D eigenvalue weighted by atomic mass is 35.5. The van der Waals surface area contributed by atoms with Crippen LogP contribution in [0.4, 0.5) is 5.69 Å². The van der Waals surface area contributed by atoms with Crippen molar-refractivity contribution in [2.45, 2.75) is 18.0 Å². The molecule has 0 saturated heterocycles. The van der Waals surface area contributed by atoms with E-state index >= 15 is 0 Å². The Bertz CT molecular complexity index is 1410. The number of halogens is 1. The van der Waals surface area contributed by atoms with Crippen LogP contribution in [0.2, 0.25) is 5.02 Å². The van der Waals surface area contributed by atoms with Crippen molar-refractivity contribution in [2.75, 3.05) is 4.31 Å². The van der Waals surface area contributed by atoms with Gasteiger partial charge in [0.2, 0.25) is 0 Å². The van der Waals surface area contributed by atoms with Gasteiger partial charge in [0, 0.05) is 12.6 Å². The number of nitrogens with one attached hydrogen (secondary N) is 1. The van der Waals surface area contributed by atoms with Crippen LogP contribution in [0, 0.1) is 0 Å². The van der Waals surface area contributed by atoms with E-state index in [4.69, 9.17) is 11.6 Å². The fourth-order valence-corrected chi connectivity index (χ4v) is 5.16. The van der Waals surface area contributed by atoms with Crippen molar-refractivity contribution in [3.05, 3.63) is 107 Å². The van der Waals surface area contributed by atoms with Gasteiger partial charge in [0.25, 0.3) is 15.9 Å². The molecule has 1 heterocycles. The molecule has 0 unspecified atom stereocenters. The van der Waals surface area contributed by atoms with Gasteiger partial charge in [-0.25, -0.2) is 8.42 Å². The van der Waals surface area contributed by atoms with Gasteiger partial charge in [-0.15, -0.1) is 10.2 Å². The average molecular weight is 496 g/mol. The summed E-state index contributed by atoms with van der Waals surface area (Å²) in [5.41, 5.74) is 1.36. The van der Waals surface area contributed by atoms with E-state index in [1.807, 2.05) is 30.3 Å². The fourth-order valence-electron chi connectivity index (χ4n) is 3.36. The van der Waals surface area contributed by atoms with Gasteiger partial charge in [-0.3, -0.25) is 9.10 Å². The Morgan fingerprint density at radius 3 is 2.47 bits per heavy atom. The summed E-state index contributed by atoms with van der Waals surface area (Å²) in [4.78, 5) is 12.7. The molecule has 1 N–H and O–H groups in total. The second kappa shape index (κ2) is 10.1. The van der Waals surface area contributed by atoms with Crippen molar-refractivity contribution in [3.8, 4) is 0 Å². The first-order chi connectivity index (χ1) is 16.4. The molecule has 4 aromatic rings. The maximum Gasteiger partial charge on any atom is 0.264 e. The molecule has 3 aromatic carbocycles. The number of sulfonamides is 1. The highest BCUT2D eigenvalue weighted by Gasteiger charge is 2.27. The van der Waals surface area contributed by atoms with E-state index in [1.54, 1.807) is 41.9 Å². The summed E-state index contributed by atoms with van der Waals surface area (Å²) in [6, 6.07) is 21.9. The van der Waals surface area contributed by atoms with Crippen LogP contribution in [-0.4, -0.2) is 29.1 Å². The molecule has 4 rings (SSSR count). The van der Waals surface area contributed by atoms with E-state index < -0.39 is 15.9 Å². The number of rotatable bonds is 8. The highest BCUT2D eigenvalue weighted by molar-refractivity contribution is 7.92. The number of hydrogen-bond acceptors (Lipinski definition) is 5. The van der Waals surface area contributed by atoms with Crippen LogP contribution in [0.15, 0.2) is 90.1 Å². The van der Waals surface area contributed by atoms with Crippen LogP contribution >= 0.6 is 11.6 Å². The number of para-hydroxylation sites is 1. The number of hydrogen-bond donors (Lipinski definition) is 1. The zero-order chi connectivity index (χ0) is 24.1. The number of carbonyl (C=O) groups is 1. The molecule has 0 aliphatic heterocycles. The lowest BCUT2D eigenvalue weighted by Crippen LogP contribution is -2.31. The minimum Gasteiger partial charge on any atom is -0.345 e. The van der Waals surface area contributed by atoms with Crippen LogP contribution in [0.5, 0.6) is 0 Å². The Kier molecular flexibility index (Phi) is 6.95. The third-order valence-corrected chi connectivity index (χ3v) is 7.26. The first kappa shape index (κ1) is 23.5. The van der Waals surface area contributed by atoms with E-state index in [0.29, 0.717) is 16.5 Å². The van der Waals surface area contributed by atoms with Crippen LogP contribution < -0.4 is 9.62 Å². The molecule has 0 atom stereocenters. The second-order valence-electron chi connectivity index (χ2n) is 7.52. The standard InChI is InChI=1S/C24H22ClN5O3S/c1-29-17-27-28-23(29)15-26-24(31)19-10-7-11-20(14-19)34(32,33)30(16-18-8-3-2-4-9-18)22-13-6-5-12-21(22)25/h2-14,17H,15-16H2,1H3,(H,26,31). The first-order valence-corrected chi connectivity index (χ1v) is 12.2. The zero-order valence-electron chi connectivity index (χ0n) is 18.3. The van der Waals surface area contributed by atoms with Gasteiger partial charge in [0.15, 0.2) is 5.82 Å². The number of aryl methyl sites for hydroxylation is 1. The molecule has 8 nitrogen and oxygen atoms in total. The van der Waals surface area contributed by atoms with E-state index in [0.717, 1.165) is 5.56 Å². The number of nitrogens with zero attached hydrogens (tertiary/aromatic N) is 4. The molecule has 0 radical (unpaired) electrons. The van der Waals surface area contributed by atoms with Gasteiger partial charge in [-0.2, -0.15) is 0 Å². The number of anilines is 1. The Morgan fingerprint density at radius 2 is 1.76 bits per heavy atom. The van der Waals surface area contributed by atoms with Gasteiger partial charge in [-0.05, 0) is 35.9 Å².